The first kappa shape index (κ1) is 33.4. The van der Waals surface area contributed by atoms with Gasteiger partial charge in [-0.3, -0.25) is 13.9 Å². The molecule has 4 aromatic rings. The minimum Gasteiger partial charge on any atom is -0.350 e. The number of halogens is 1. The molecular weight excluding hydrogens is 589 g/mol. The molecular formula is C36H40FN3O4S. The van der Waals surface area contributed by atoms with Gasteiger partial charge in [0.25, 0.3) is 10.0 Å². The van der Waals surface area contributed by atoms with Crippen molar-refractivity contribution in [2.24, 2.45) is 0 Å². The SMILES string of the molecule is Cc1ccc(N(CC(=O)N(Cc2ccc(F)cc2)C(Cc2ccccc2)C(=O)NC(C)(C)C)S(=O)(=O)c2ccccc2)cc1C. The van der Waals surface area contributed by atoms with E-state index in [4.69, 9.17) is 0 Å². The molecule has 1 unspecified atom stereocenters. The van der Waals surface area contributed by atoms with E-state index in [1.54, 1.807) is 42.5 Å². The van der Waals surface area contributed by atoms with Gasteiger partial charge in [0, 0.05) is 18.5 Å². The van der Waals surface area contributed by atoms with Gasteiger partial charge in [-0.2, -0.15) is 0 Å². The minimum absolute atomic E-state index is 0.0347. The van der Waals surface area contributed by atoms with Gasteiger partial charge in [0.05, 0.1) is 10.6 Å². The van der Waals surface area contributed by atoms with Gasteiger partial charge in [0.15, 0.2) is 0 Å². The monoisotopic (exact) mass is 629 g/mol. The van der Waals surface area contributed by atoms with Crippen LogP contribution in [0, 0.1) is 19.7 Å². The van der Waals surface area contributed by atoms with Crippen LogP contribution in [0.15, 0.2) is 108 Å². The molecule has 236 valence electrons. The first-order chi connectivity index (χ1) is 21.2. The summed E-state index contributed by atoms with van der Waals surface area (Å²) >= 11 is 0. The van der Waals surface area contributed by atoms with E-state index in [2.05, 4.69) is 5.32 Å². The van der Waals surface area contributed by atoms with Crippen molar-refractivity contribution in [3.63, 3.8) is 0 Å². The van der Waals surface area contributed by atoms with Crippen LogP contribution in [0.1, 0.15) is 43.0 Å². The van der Waals surface area contributed by atoms with Gasteiger partial charge < -0.3 is 10.2 Å². The van der Waals surface area contributed by atoms with E-state index >= 15 is 0 Å². The van der Waals surface area contributed by atoms with Crippen LogP contribution in [0.5, 0.6) is 0 Å². The second kappa shape index (κ2) is 14.1. The van der Waals surface area contributed by atoms with Gasteiger partial charge >= 0.3 is 0 Å². The highest BCUT2D eigenvalue weighted by Gasteiger charge is 2.35. The van der Waals surface area contributed by atoms with Crippen LogP contribution in [0.25, 0.3) is 0 Å². The second-order valence-corrected chi connectivity index (χ2v) is 14.0. The number of aryl methyl sites for hydroxylation is 2. The van der Waals surface area contributed by atoms with Gasteiger partial charge in [-0.05, 0) is 93.3 Å². The number of hydrogen-bond donors (Lipinski definition) is 1. The minimum atomic E-state index is -4.19. The molecule has 4 aromatic carbocycles. The van der Waals surface area contributed by atoms with Crippen LogP contribution in [0.3, 0.4) is 0 Å². The zero-order valence-electron chi connectivity index (χ0n) is 26.3. The predicted octanol–water partition coefficient (Wildman–Crippen LogP) is 6.19. The summed E-state index contributed by atoms with van der Waals surface area (Å²) in [5, 5.41) is 3.00. The molecule has 1 atom stereocenters. The molecule has 0 heterocycles. The Labute approximate surface area is 265 Å². The quantitative estimate of drug-likeness (QED) is 0.214. The standard InChI is InChI=1S/C36H40FN3O4S/c1-26-16-21-31(22-27(26)2)40(45(43,44)32-14-10-7-11-15-32)25-34(41)39(24-29-17-19-30(37)20-18-29)33(35(42)38-36(3,4)5)23-28-12-8-6-9-13-28/h6-22,33H,23-25H2,1-5H3,(H,38,42). The lowest BCUT2D eigenvalue weighted by molar-refractivity contribution is -0.140. The first-order valence-electron chi connectivity index (χ1n) is 14.8. The average Bonchev–Trinajstić information content (AvgIpc) is 3.00. The van der Waals surface area contributed by atoms with E-state index in [-0.39, 0.29) is 23.8 Å². The zero-order valence-corrected chi connectivity index (χ0v) is 27.1. The van der Waals surface area contributed by atoms with Crippen molar-refractivity contribution >= 4 is 27.5 Å². The zero-order chi connectivity index (χ0) is 32.8. The topological polar surface area (TPSA) is 86.8 Å². The summed E-state index contributed by atoms with van der Waals surface area (Å²) in [6, 6.07) is 27.2. The van der Waals surface area contributed by atoms with Crippen molar-refractivity contribution in [3.8, 4) is 0 Å². The normalized spacial score (nSPS) is 12.3. The largest absolute Gasteiger partial charge is 0.350 e. The van der Waals surface area contributed by atoms with E-state index < -0.39 is 39.9 Å². The highest BCUT2D eigenvalue weighted by Crippen LogP contribution is 2.27. The van der Waals surface area contributed by atoms with Crippen molar-refractivity contribution in [2.45, 2.75) is 64.1 Å². The molecule has 0 bridgehead atoms. The smallest absolute Gasteiger partial charge is 0.264 e. The van der Waals surface area contributed by atoms with Gasteiger partial charge in [-0.1, -0.05) is 66.7 Å². The van der Waals surface area contributed by atoms with Crippen LogP contribution in [0.4, 0.5) is 10.1 Å². The second-order valence-electron chi connectivity index (χ2n) is 12.2. The lowest BCUT2D eigenvalue weighted by atomic mass is 10.0. The fraction of sp³-hybridized carbons (Fsp3) is 0.278. The lowest BCUT2D eigenvalue weighted by Gasteiger charge is -2.35. The summed E-state index contributed by atoms with van der Waals surface area (Å²) in [7, 11) is -4.19. The fourth-order valence-corrected chi connectivity index (χ4v) is 6.35. The molecule has 0 aliphatic heterocycles. The summed E-state index contributed by atoms with van der Waals surface area (Å²) in [6.45, 7) is 8.75. The Bertz CT molecular complexity index is 1720. The van der Waals surface area contributed by atoms with Crippen LogP contribution < -0.4 is 9.62 Å². The van der Waals surface area contributed by atoms with Crippen molar-refractivity contribution in [3.05, 3.63) is 131 Å². The molecule has 4 rings (SSSR count). The molecule has 2 amide bonds. The molecule has 0 saturated heterocycles. The molecule has 0 spiro atoms. The Morgan fingerprint density at radius 2 is 1.40 bits per heavy atom. The molecule has 7 nitrogen and oxygen atoms in total. The number of amides is 2. The molecule has 0 aliphatic rings. The first-order valence-corrected chi connectivity index (χ1v) is 16.2. The summed E-state index contributed by atoms with van der Waals surface area (Å²) < 4.78 is 43.1. The third kappa shape index (κ3) is 8.79. The van der Waals surface area contributed by atoms with Crippen LogP contribution in [0.2, 0.25) is 0 Å². The molecule has 9 heteroatoms. The van der Waals surface area contributed by atoms with Crippen LogP contribution in [-0.4, -0.2) is 43.3 Å². The predicted molar refractivity (Wildman–Crippen MR) is 176 cm³/mol. The number of nitrogens with zero attached hydrogens (tertiary/aromatic N) is 2. The number of rotatable bonds is 11. The highest BCUT2D eigenvalue weighted by molar-refractivity contribution is 7.92. The van der Waals surface area contributed by atoms with E-state index in [0.29, 0.717) is 11.3 Å². The Balaban J connectivity index is 1.82. The maximum absolute atomic E-state index is 14.5. The molecule has 0 fully saturated rings. The number of anilines is 1. The molecule has 45 heavy (non-hydrogen) atoms. The third-order valence-corrected chi connectivity index (χ3v) is 9.21. The fourth-order valence-electron chi connectivity index (χ4n) is 4.92. The van der Waals surface area contributed by atoms with E-state index in [1.807, 2.05) is 71.0 Å². The van der Waals surface area contributed by atoms with Gasteiger partial charge in [0.2, 0.25) is 11.8 Å². The van der Waals surface area contributed by atoms with E-state index in [1.165, 1.54) is 29.2 Å². The number of sulfonamides is 1. The molecule has 0 radical (unpaired) electrons. The molecule has 0 aromatic heterocycles. The van der Waals surface area contributed by atoms with Crippen LogP contribution in [-0.2, 0) is 32.6 Å². The van der Waals surface area contributed by atoms with Gasteiger partial charge in [-0.25, -0.2) is 12.8 Å². The van der Waals surface area contributed by atoms with Gasteiger partial charge in [-0.15, -0.1) is 0 Å². The van der Waals surface area contributed by atoms with Crippen molar-refractivity contribution in [1.82, 2.24) is 10.2 Å². The van der Waals surface area contributed by atoms with Crippen molar-refractivity contribution < 1.29 is 22.4 Å². The maximum Gasteiger partial charge on any atom is 0.264 e. The average molecular weight is 630 g/mol. The highest BCUT2D eigenvalue weighted by atomic mass is 32.2. The number of hydrogen-bond acceptors (Lipinski definition) is 4. The molecule has 0 aliphatic carbocycles. The summed E-state index contributed by atoms with van der Waals surface area (Å²) in [4.78, 5) is 29.8. The van der Waals surface area contributed by atoms with E-state index in [0.717, 1.165) is 21.0 Å². The Hall–Kier alpha value is -4.50. The summed E-state index contributed by atoms with van der Waals surface area (Å²) in [6.07, 6.45) is 0.185. The maximum atomic E-state index is 14.5. The molecule has 0 saturated carbocycles. The van der Waals surface area contributed by atoms with Gasteiger partial charge in [0.1, 0.15) is 18.4 Å². The Morgan fingerprint density at radius 1 is 0.800 bits per heavy atom. The molecule has 1 N–H and O–H groups in total. The number of nitrogens with one attached hydrogen (secondary N) is 1. The van der Waals surface area contributed by atoms with Crippen molar-refractivity contribution in [1.29, 1.82) is 0 Å². The van der Waals surface area contributed by atoms with Crippen LogP contribution >= 0.6 is 0 Å². The number of carbonyl (C=O) groups is 2. The summed E-state index contributed by atoms with van der Waals surface area (Å²) in [5.74, 6) is -1.40. The van der Waals surface area contributed by atoms with E-state index in [9.17, 15) is 22.4 Å². The lowest BCUT2D eigenvalue weighted by Crippen LogP contribution is -2.56. The Kier molecular flexibility index (Phi) is 10.4. The summed E-state index contributed by atoms with van der Waals surface area (Å²) in [5.41, 5.74) is 2.99. The third-order valence-electron chi connectivity index (χ3n) is 7.42. The van der Waals surface area contributed by atoms with Crippen molar-refractivity contribution in [2.75, 3.05) is 10.8 Å². The number of benzene rings is 4. The number of carbonyl (C=O) groups excluding carboxylic acids is 2. The Morgan fingerprint density at radius 3 is 1.98 bits per heavy atom.